The van der Waals surface area contributed by atoms with Crippen LogP contribution in [0.5, 0.6) is 0 Å². The summed E-state index contributed by atoms with van der Waals surface area (Å²) in [6.45, 7) is 1.88. The van der Waals surface area contributed by atoms with Crippen LogP contribution in [0.25, 0.3) is 10.9 Å². The molecule has 0 fully saturated rings. The molecule has 0 aliphatic rings. The molecule has 0 bridgehead atoms. The van der Waals surface area contributed by atoms with Gasteiger partial charge < -0.3 is 4.90 Å². The van der Waals surface area contributed by atoms with Crippen LogP contribution in [0.3, 0.4) is 0 Å². The first kappa shape index (κ1) is 22.3. The molecule has 0 radical (unpaired) electrons. The minimum absolute atomic E-state index is 0.0953. The minimum atomic E-state index is -0.299. The molecule has 5 aromatic rings. The van der Waals surface area contributed by atoms with Gasteiger partial charge in [-0.05, 0) is 48.4 Å². The Hall–Kier alpha value is -4.51. The first-order chi connectivity index (χ1) is 17.1. The fraction of sp³-hybridized carbons (Fsp3) is 0.100. The van der Waals surface area contributed by atoms with Crippen LogP contribution in [-0.2, 0) is 0 Å². The quantitative estimate of drug-likeness (QED) is 0.296. The predicted molar refractivity (Wildman–Crippen MR) is 141 cm³/mol. The Morgan fingerprint density at radius 2 is 1.43 bits per heavy atom. The summed E-state index contributed by atoms with van der Waals surface area (Å²) < 4.78 is 1.78. The molecule has 0 amide bonds. The molecular formula is C30H25N3O2. The summed E-state index contributed by atoms with van der Waals surface area (Å²) in [6, 6.07) is 32.8. The van der Waals surface area contributed by atoms with Crippen molar-refractivity contribution in [3.05, 3.63) is 136 Å². The van der Waals surface area contributed by atoms with E-state index in [2.05, 4.69) is 0 Å². The van der Waals surface area contributed by atoms with Crippen LogP contribution in [0, 0.1) is 6.92 Å². The molecule has 0 spiro atoms. The number of hydrogen-bond donors (Lipinski definition) is 0. The zero-order chi connectivity index (χ0) is 24.4. The van der Waals surface area contributed by atoms with E-state index in [1.54, 1.807) is 10.6 Å². The van der Waals surface area contributed by atoms with Crippen molar-refractivity contribution in [2.24, 2.45) is 0 Å². The summed E-state index contributed by atoms with van der Waals surface area (Å²) in [6.07, 6.45) is 0.830. The van der Waals surface area contributed by atoms with Crippen molar-refractivity contribution in [3.63, 3.8) is 0 Å². The predicted octanol–water partition coefficient (Wildman–Crippen LogP) is 5.92. The molecule has 5 heteroatoms. The fourth-order valence-electron chi connectivity index (χ4n) is 4.53. The van der Waals surface area contributed by atoms with Gasteiger partial charge in [0.1, 0.15) is 12.1 Å². The lowest BCUT2D eigenvalue weighted by molar-refractivity contribution is 0.112. The molecule has 35 heavy (non-hydrogen) atoms. The zero-order valence-corrected chi connectivity index (χ0v) is 19.6. The van der Waals surface area contributed by atoms with Crippen LogP contribution in [0.15, 0.2) is 108 Å². The van der Waals surface area contributed by atoms with Crippen LogP contribution >= 0.6 is 0 Å². The maximum Gasteiger partial charge on any atom is 0.262 e. The summed E-state index contributed by atoms with van der Waals surface area (Å²) in [5.74, 6) is 0.653. The molecule has 0 aliphatic heterocycles. The molecule has 1 aromatic heterocycles. The van der Waals surface area contributed by atoms with Crippen molar-refractivity contribution in [3.8, 4) is 0 Å². The summed E-state index contributed by atoms with van der Waals surface area (Å²) in [5.41, 5.74) is 4.90. The molecule has 4 aromatic carbocycles. The van der Waals surface area contributed by atoms with Gasteiger partial charge in [-0.2, -0.15) is 0 Å². The number of nitrogens with zero attached hydrogens (tertiary/aromatic N) is 3. The maximum absolute atomic E-state index is 14.0. The highest BCUT2D eigenvalue weighted by Crippen LogP contribution is 2.29. The zero-order valence-electron chi connectivity index (χ0n) is 19.6. The molecule has 1 heterocycles. The topological polar surface area (TPSA) is 55.2 Å². The van der Waals surface area contributed by atoms with Gasteiger partial charge >= 0.3 is 0 Å². The Kier molecular flexibility index (Phi) is 5.98. The normalized spacial score (nSPS) is 11.1. The van der Waals surface area contributed by atoms with E-state index in [9.17, 15) is 9.59 Å². The Balaban J connectivity index is 1.69. The number of carbonyl (C=O) groups excluding carboxylic acids is 1. The molecule has 0 unspecified atom stereocenters. The van der Waals surface area contributed by atoms with E-state index in [4.69, 9.17) is 4.98 Å². The molecule has 0 atom stereocenters. The van der Waals surface area contributed by atoms with Gasteiger partial charge in [0.25, 0.3) is 5.56 Å². The Morgan fingerprint density at radius 3 is 2.06 bits per heavy atom. The van der Waals surface area contributed by atoms with Gasteiger partial charge in [-0.25, -0.2) is 4.98 Å². The number of carbonyl (C=O) groups is 1. The second-order valence-electron chi connectivity index (χ2n) is 8.53. The van der Waals surface area contributed by atoms with Crippen LogP contribution in [-0.4, -0.2) is 22.9 Å². The van der Waals surface area contributed by atoms with Crippen LogP contribution in [0.2, 0.25) is 0 Å². The maximum atomic E-state index is 14.0. The van der Waals surface area contributed by atoms with Crippen molar-refractivity contribution in [2.45, 2.75) is 13.0 Å². The third kappa shape index (κ3) is 4.24. The van der Waals surface area contributed by atoms with E-state index >= 15 is 0 Å². The Labute approximate surface area is 203 Å². The Morgan fingerprint density at radius 1 is 0.800 bits per heavy atom. The summed E-state index contributed by atoms with van der Waals surface area (Å²) >= 11 is 0. The average Bonchev–Trinajstić information content (AvgIpc) is 2.91. The second-order valence-corrected chi connectivity index (χ2v) is 8.53. The minimum Gasteiger partial charge on any atom is -0.345 e. The third-order valence-corrected chi connectivity index (χ3v) is 6.33. The van der Waals surface area contributed by atoms with E-state index in [1.807, 2.05) is 116 Å². The number of anilines is 2. The number of aromatic nitrogens is 2. The van der Waals surface area contributed by atoms with Crippen molar-refractivity contribution in [1.82, 2.24) is 9.55 Å². The number of hydrogen-bond acceptors (Lipinski definition) is 4. The smallest absolute Gasteiger partial charge is 0.262 e. The van der Waals surface area contributed by atoms with E-state index in [1.165, 1.54) is 0 Å². The molecule has 5 nitrogen and oxygen atoms in total. The van der Waals surface area contributed by atoms with Gasteiger partial charge in [0.15, 0.2) is 0 Å². The Bertz CT molecular complexity index is 1520. The molecule has 172 valence electrons. The van der Waals surface area contributed by atoms with E-state index in [0.717, 1.165) is 28.8 Å². The lowest BCUT2D eigenvalue weighted by Crippen LogP contribution is -2.29. The van der Waals surface area contributed by atoms with E-state index < -0.39 is 0 Å². The summed E-state index contributed by atoms with van der Waals surface area (Å²) in [7, 11) is 1.92. The van der Waals surface area contributed by atoms with Gasteiger partial charge in [0.2, 0.25) is 0 Å². The van der Waals surface area contributed by atoms with Crippen LogP contribution < -0.4 is 10.5 Å². The lowest BCUT2D eigenvalue weighted by atomic mass is 9.98. The molecule has 5 rings (SSSR count). The SMILES string of the molecule is Cc1nc2ccc(N(C)c3cccc(C=O)c3)cc2c(=O)n1C(c1ccccc1)c1ccccc1. The third-order valence-electron chi connectivity index (χ3n) is 6.33. The van der Waals surface area contributed by atoms with Gasteiger partial charge in [-0.15, -0.1) is 0 Å². The first-order valence-corrected chi connectivity index (χ1v) is 11.5. The largest absolute Gasteiger partial charge is 0.345 e. The van der Waals surface area contributed by atoms with Gasteiger partial charge in [-0.1, -0.05) is 72.8 Å². The molecular weight excluding hydrogens is 434 g/mol. The standard InChI is InChI=1S/C30H25N3O2/c1-21-31-28-17-16-26(32(2)25-15-9-10-22(18-25)20-34)19-27(28)30(35)33(21)29(23-11-5-3-6-12-23)24-13-7-4-8-14-24/h3-20,29H,1-2H3. The van der Waals surface area contributed by atoms with Gasteiger partial charge in [0, 0.05) is 24.0 Å². The number of aldehydes is 1. The molecule has 0 saturated carbocycles. The van der Waals surface area contributed by atoms with Crippen molar-refractivity contribution in [2.75, 3.05) is 11.9 Å². The highest BCUT2D eigenvalue weighted by molar-refractivity contribution is 5.84. The van der Waals surface area contributed by atoms with Crippen molar-refractivity contribution < 1.29 is 4.79 Å². The van der Waals surface area contributed by atoms with Gasteiger partial charge in [-0.3, -0.25) is 14.2 Å². The molecule has 0 N–H and O–H groups in total. The van der Waals surface area contributed by atoms with Crippen molar-refractivity contribution >= 4 is 28.6 Å². The highest BCUT2D eigenvalue weighted by Gasteiger charge is 2.21. The summed E-state index contributed by atoms with van der Waals surface area (Å²) in [5, 5.41) is 0.545. The monoisotopic (exact) mass is 459 g/mol. The van der Waals surface area contributed by atoms with Crippen molar-refractivity contribution in [1.29, 1.82) is 0 Å². The fourth-order valence-corrected chi connectivity index (χ4v) is 4.53. The highest BCUT2D eigenvalue weighted by atomic mass is 16.1. The van der Waals surface area contributed by atoms with Gasteiger partial charge in [0.05, 0.1) is 16.9 Å². The lowest BCUT2D eigenvalue weighted by Gasteiger charge is -2.24. The first-order valence-electron chi connectivity index (χ1n) is 11.5. The van der Waals surface area contributed by atoms with Crippen LogP contribution in [0.4, 0.5) is 11.4 Å². The van der Waals surface area contributed by atoms with E-state index in [-0.39, 0.29) is 11.6 Å². The number of benzene rings is 4. The molecule has 0 saturated heterocycles. The average molecular weight is 460 g/mol. The number of fused-ring (bicyclic) bond motifs is 1. The molecule has 0 aliphatic carbocycles. The van der Waals surface area contributed by atoms with E-state index in [0.29, 0.717) is 22.3 Å². The van der Waals surface area contributed by atoms with Crippen LogP contribution in [0.1, 0.15) is 33.4 Å². The number of rotatable bonds is 6. The number of aryl methyl sites for hydroxylation is 1. The second kappa shape index (κ2) is 9.39. The summed E-state index contributed by atoms with van der Waals surface area (Å²) in [4.78, 5) is 32.0.